The van der Waals surface area contributed by atoms with E-state index in [1.54, 1.807) is 4.90 Å². The normalized spacial score (nSPS) is 26.0. The maximum atomic E-state index is 12.1. The van der Waals surface area contributed by atoms with Crippen molar-refractivity contribution in [3.8, 4) is 0 Å². The number of hydrogen-bond donors (Lipinski definition) is 2. The molecule has 2 aliphatic rings. The molecule has 0 spiro atoms. The average Bonchev–Trinajstić information content (AvgIpc) is 2.75. The number of carbonyl (C=O) groups excluding carboxylic acids is 2. The molecule has 2 unspecified atom stereocenters. The third kappa shape index (κ3) is 2.44. The molecule has 1 saturated heterocycles. The van der Waals surface area contributed by atoms with Crippen LogP contribution in [0.5, 0.6) is 0 Å². The zero-order valence-electron chi connectivity index (χ0n) is 13.2. The van der Waals surface area contributed by atoms with Crippen molar-refractivity contribution < 1.29 is 14.7 Å². The topological polar surface area (TPSA) is 69.6 Å². The van der Waals surface area contributed by atoms with Crippen LogP contribution in [0.25, 0.3) is 0 Å². The summed E-state index contributed by atoms with van der Waals surface area (Å²) >= 11 is 0. The van der Waals surface area contributed by atoms with Crippen LogP contribution in [0.15, 0.2) is 18.2 Å². The van der Waals surface area contributed by atoms with Gasteiger partial charge in [0.25, 0.3) is 0 Å². The van der Waals surface area contributed by atoms with Gasteiger partial charge in [0.05, 0.1) is 6.04 Å². The van der Waals surface area contributed by atoms with Crippen molar-refractivity contribution in [1.82, 2.24) is 10.2 Å². The van der Waals surface area contributed by atoms with Crippen molar-refractivity contribution in [3.05, 3.63) is 34.9 Å². The van der Waals surface area contributed by atoms with E-state index in [0.717, 1.165) is 11.1 Å². The van der Waals surface area contributed by atoms with Crippen molar-refractivity contribution in [1.29, 1.82) is 0 Å². The fourth-order valence-corrected chi connectivity index (χ4v) is 3.45. The van der Waals surface area contributed by atoms with Crippen molar-refractivity contribution >= 4 is 11.8 Å². The molecule has 0 saturated carbocycles. The van der Waals surface area contributed by atoms with Gasteiger partial charge < -0.3 is 5.11 Å². The average molecular weight is 302 g/mol. The van der Waals surface area contributed by atoms with E-state index < -0.39 is 12.3 Å². The summed E-state index contributed by atoms with van der Waals surface area (Å²) in [5.74, 6) is -0.539. The predicted molar refractivity (Wildman–Crippen MR) is 81.8 cm³/mol. The summed E-state index contributed by atoms with van der Waals surface area (Å²) < 4.78 is 0. The standard InChI is InChI=1S/C17H22N2O3/c1-17(2,3)12-6-4-5-10-11(12)9-19(16(10)22)13-7-8-14(20)18-15(13)21/h4-6,13,16,22H,7-9H2,1-3H3,(H,18,20,21). The number of piperidine rings is 1. The van der Waals surface area contributed by atoms with Gasteiger partial charge in [0.1, 0.15) is 6.23 Å². The fourth-order valence-electron chi connectivity index (χ4n) is 3.45. The Hall–Kier alpha value is -1.72. The Labute approximate surface area is 130 Å². The third-order valence-corrected chi connectivity index (χ3v) is 4.56. The molecule has 5 nitrogen and oxygen atoms in total. The SMILES string of the molecule is CC(C)(C)c1cccc2c1CN(C1CCC(=O)NC1=O)C2O. The summed E-state index contributed by atoms with van der Waals surface area (Å²) in [5.41, 5.74) is 3.15. The first-order valence-corrected chi connectivity index (χ1v) is 7.69. The predicted octanol–water partition coefficient (Wildman–Crippen LogP) is 1.60. The van der Waals surface area contributed by atoms with E-state index >= 15 is 0 Å². The molecule has 2 amide bonds. The van der Waals surface area contributed by atoms with Crippen molar-refractivity contribution in [2.45, 2.75) is 57.8 Å². The Morgan fingerprint density at radius 2 is 2.00 bits per heavy atom. The summed E-state index contributed by atoms with van der Waals surface area (Å²) in [6, 6.07) is 5.50. The Morgan fingerprint density at radius 1 is 1.27 bits per heavy atom. The fraction of sp³-hybridized carbons (Fsp3) is 0.529. The first-order valence-electron chi connectivity index (χ1n) is 7.69. The number of aliphatic hydroxyl groups excluding tert-OH is 1. The molecule has 1 aromatic carbocycles. The molecule has 5 heteroatoms. The van der Waals surface area contributed by atoms with Gasteiger partial charge in [-0.1, -0.05) is 39.0 Å². The van der Waals surface area contributed by atoms with E-state index in [4.69, 9.17) is 0 Å². The van der Waals surface area contributed by atoms with E-state index in [-0.39, 0.29) is 17.2 Å². The van der Waals surface area contributed by atoms with Crippen LogP contribution in [0.3, 0.4) is 0 Å². The molecule has 0 aromatic heterocycles. The number of imide groups is 1. The van der Waals surface area contributed by atoms with Gasteiger partial charge in [-0.05, 0) is 23.0 Å². The molecular formula is C17H22N2O3. The van der Waals surface area contributed by atoms with E-state index in [2.05, 4.69) is 32.2 Å². The second-order valence-corrected chi connectivity index (χ2v) is 7.14. The molecule has 2 heterocycles. The molecule has 0 bridgehead atoms. The zero-order valence-corrected chi connectivity index (χ0v) is 13.2. The molecular weight excluding hydrogens is 280 g/mol. The molecule has 118 valence electrons. The Balaban J connectivity index is 1.93. The molecule has 1 aromatic rings. The van der Waals surface area contributed by atoms with Gasteiger partial charge in [-0.2, -0.15) is 0 Å². The highest BCUT2D eigenvalue weighted by molar-refractivity contribution is 6.00. The van der Waals surface area contributed by atoms with E-state index in [0.29, 0.717) is 19.4 Å². The van der Waals surface area contributed by atoms with Crippen LogP contribution >= 0.6 is 0 Å². The lowest BCUT2D eigenvalue weighted by Gasteiger charge is -2.31. The van der Waals surface area contributed by atoms with Crippen LogP contribution in [0.2, 0.25) is 0 Å². The largest absolute Gasteiger partial charge is 0.374 e. The van der Waals surface area contributed by atoms with Crippen molar-refractivity contribution in [2.24, 2.45) is 0 Å². The Morgan fingerprint density at radius 3 is 2.64 bits per heavy atom. The number of benzene rings is 1. The van der Waals surface area contributed by atoms with E-state index in [1.807, 2.05) is 12.1 Å². The highest BCUT2D eigenvalue weighted by Crippen LogP contribution is 2.40. The molecule has 1 fully saturated rings. The zero-order chi connectivity index (χ0) is 16.1. The second kappa shape index (κ2) is 5.18. The number of fused-ring (bicyclic) bond motifs is 1. The lowest BCUT2D eigenvalue weighted by atomic mass is 9.83. The van der Waals surface area contributed by atoms with Gasteiger partial charge >= 0.3 is 0 Å². The van der Waals surface area contributed by atoms with Crippen LogP contribution in [-0.2, 0) is 21.5 Å². The van der Waals surface area contributed by atoms with Crippen LogP contribution < -0.4 is 5.32 Å². The monoisotopic (exact) mass is 302 g/mol. The number of nitrogens with one attached hydrogen (secondary N) is 1. The Kier molecular flexibility index (Phi) is 3.57. The maximum absolute atomic E-state index is 12.1. The second-order valence-electron chi connectivity index (χ2n) is 7.14. The van der Waals surface area contributed by atoms with Crippen LogP contribution in [0.4, 0.5) is 0 Å². The summed E-state index contributed by atoms with van der Waals surface area (Å²) in [7, 11) is 0. The first-order chi connectivity index (χ1) is 10.3. The van der Waals surface area contributed by atoms with E-state index in [1.165, 1.54) is 5.56 Å². The molecule has 22 heavy (non-hydrogen) atoms. The maximum Gasteiger partial charge on any atom is 0.244 e. The molecule has 3 rings (SSSR count). The highest BCUT2D eigenvalue weighted by atomic mass is 16.3. The summed E-state index contributed by atoms with van der Waals surface area (Å²) in [6.45, 7) is 6.97. The summed E-state index contributed by atoms with van der Waals surface area (Å²) in [4.78, 5) is 25.2. The summed E-state index contributed by atoms with van der Waals surface area (Å²) in [5, 5.41) is 13.0. The van der Waals surface area contributed by atoms with Crippen LogP contribution in [0.1, 0.15) is 56.5 Å². The van der Waals surface area contributed by atoms with Crippen LogP contribution in [0, 0.1) is 0 Å². The molecule has 2 N–H and O–H groups in total. The number of amides is 2. The Bertz CT molecular complexity index is 633. The third-order valence-electron chi connectivity index (χ3n) is 4.56. The van der Waals surface area contributed by atoms with Gasteiger partial charge in [0, 0.05) is 18.5 Å². The lowest BCUT2D eigenvalue weighted by Crippen LogP contribution is -2.51. The first kappa shape index (κ1) is 15.2. The number of nitrogens with zero attached hydrogens (tertiary/aromatic N) is 1. The van der Waals surface area contributed by atoms with Crippen LogP contribution in [-0.4, -0.2) is 27.9 Å². The number of aliphatic hydroxyl groups is 1. The minimum Gasteiger partial charge on any atom is -0.374 e. The number of hydrogen-bond acceptors (Lipinski definition) is 4. The summed E-state index contributed by atoms with van der Waals surface area (Å²) in [6.07, 6.45) is -0.0101. The van der Waals surface area contributed by atoms with Crippen molar-refractivity contribution in [2.75, 3.05) is 0 Å². The van der Waals surface area contributed by atoms with Gasteiger partial charge in [-0.25, -0.2) is 0 Å². The minimum absolute atomic E-state index is 0.0220. The van der Waals surface area contributed by atoms with Gasteiger partial charge in [0.2, 0.25) is 11.8 Å². The van der Waals surface area contributed by atoms with Gasteiger partial charge in [-0.15, -0.1) is 0 Å². The molecule has 2 atom stereocenters. The molecule has 0 radical (unpaired) electrons. The molecule has 2 aliphatic heterocycles. The van der Waals surface area contributed by atoms with Gasteiger partial charge in [-0.3, -0.25) is 19.8 Å². The molecule has 0 aliphatic carbocycles. The lowest BCUT2D eigenvalue weighted by molar-refractivity contribution is -0.141. The number of carbonyl (C=O) groups is 2. The smallest absolute Gasteiger partial charge is 0.244 e. The van der Waals surface area contributed by atoms with Gasteiger partial charge in [0.15, 0.2) is 0 Å². The highest BCUT2D eigenvalue weighted by Gasteiger charge is 2.41. The van der Waals surface area contributed by atoms with E-state index in [9.17, 15) is 14.7 Å². The van der Waals surface area contributed by atoms with Crippen molar-refractivity contribution in [3.63, 3.8) is 0 Å². The quantitative estimate of drug-likeness (QED) is 0.773. The minimum atomic E-state index is -0.791. The number of rotatable bonds is 1.